The van der Waals surface area contributed by atoms with Gasteiger partial charge in [0, 0.05) is 25.4 Å². The summed E-state index contributed by atoms with van der Waals surface area (Å²) in [4.78, 5) is 9.92. The van der Waals surface area contributed by atoms with Crippen LogP contribution in [0.1, 0.15) is 6.42 Å². The fourth-order valence-corrected chi connectivity index (χ4v) is 3.85. The Morgan fingerprint density at radius 1 is 1.53 bits per heavy atom. The standard InChI is InChI=1S/C7H14ClN2O4P/c8-2-3-9-15(11)10-4-6-12-14-7(10)1-5-13-15/h7H,1-6H2,(H,9,11). The Kier molecular flexibility index (Phi) is 4.01. The molecule has 88 valence electrons. The van der Waals surface area contributed by atoms with E-state index in [4.69, 9.17) is 25.9 Å². The molecule has 2 aliphatic rings. The van der Waals surface area contributed by atoms with Crippen LogP contribution >= 0.6 is 19.3 Å². The van der Waals surface area contributed by atoms with Crippen LogP contribution in [0.5, 0.6) is 0 Å². The zero-order valence-electron chi connectivity index (χ0n) is 8.23. The third kappa shape index (κ3) is 2.53. The first-order chi connectivity index (χ1) is 7.26. The van der Waals surface area contributed by atoms with Crippen molar-refractivity contribution in [2.24, 2.45) is 0 Å². The predicted molar refractivity (Wildman–Crippen MR) is 54.4 cm³/mol. The van der Waals surface area contributed by atoms with Crippen molar-refractivity contribution < 1.29 is 18.9 Å². The Morgan fingerprint density at radius 2 is 2.40 bits per heavy atom. The molecule has 2 fully saturated rings. The summed E-state index contributed by atoms with van der Waals surface area (Å²) in [6.07, 6.45) is 0.383. The minimum Gasteiger partial charge on any atom is -0.306 e. The minimum atomic E-state index is -2.97. The van der Waals surface area contributed by atoms with Gasteiger partial charge in [-0.15, -0.1) is 11.6 Å². The Morgan fingerprint density at radius 3 is 3.20 bits per heavy atom. The molecule has 8 heteroatoms. The van der Waals surface area contributed by atoms with E-state index in [2.05, 4.69) is 5.09 Å². The van der Waals surface area contributed by atoms with Gasteiger partial charge >= 0.3 is 7.67 Å². The van der Waals surface area contributed by atoms with Gasteiger partial charge in [0.2, 0.25) is 0 Å². The molecule has 0 spiro atoms. The predicted octanol–water partition coefficient (Wildman–Crippen LogP) is 0.933. The summed E-state index contributed by atoms with van der Waals surface area (Å²) in [5, 5.41) is 2.84. The van der Waals surface area contributed by atoms with Gasteiger partial charge in [0.1, 0.15) is 0 Å². The van der Waals surface area contributed by atoms with Crippen molar-refractivity contribution in [3.8, 4) is 0 Å². The van der Waals surface area contributed by atoms with Crippen LogP contribution in [0, 0.1) is 0 Å². The van der Waals surface area contributed by atoms with Gasteiger partial charge in [-0.25, -0.2) is 14.9 Å². The number of nitrogens with one attached hydrogen (secondary N) is 1. The van der Waals surface area contributed by atoms with E-state index in [1.165, 1.54) is 0 Å². The van der Waals surface area contributed by atoms with Crippen LogP contribution in [0.3, 0.4) is 0 Å². The Labute approximate surface area is 93.3 Å². The van der Waals surface area contributed by atoms with Gasteiger partial charge in [0.15, 0.2) is 6.23 Å². The highest BCUT2D eigenvalue weighted by Crippen LogP contribution is 2.52. The summed E-state index contributed by atoms with van der Waals surface area (Å²) in [5.41, 5.74) is 0. The maximum absolute atomic E-state index is 12.4. The molecule has 1 N–H and O–H groups in total. The lowest BCUT2D eigenvalue weighted by atomic mass is 10.4. The number of halogens is 1. The smallest absolute Gasteiger partial charge is 0.306 e. The highest BCUT2D eigenvalue weighted by Gasteiger charge is 2.43. The summed E-state index contributed by atoms with van der Waals surface area (Å²) in [7, 11) is -2.97. The fourth-order valence-electron chi connectivity index (χ4n) is 1.62. The summed E-state index contributed by atoms with van der Waals surface area (Å²) < 4.78 is 19.4. The van der Waals surface area contributed by atoms with E-state index in [0.29, 0.717) is 38.6 Å². The third-order valence-electron chi connectivity index (χ3n) is 2.29. The number of fused-ring (bicyclic) bond motifs is 1. The van der Waals surface area contributed by atoms with Crippen LogP contribution in [-0.4, -0.2) is 43.1 Å². The molecule has 15 heavy (non-hydrogen) atoms. The highest BCUT2D eigenvalue weighted by molar-refractivity contribution is 7.54. The summed E-state index contributed by atoms with van der Waals surface area (Å²) in [5.74, 6) is 0.392. The van der Waals surface area contributed by atoms with E-state index in [1.54, 1.807) is 4.67 Å². The van der Waals surface area contributed by atoms with E-state index >= 15 is 0 Å². The van der Waals surface area contributed by atoms with E-state index < -0.39 is 7.67 Å². The van der Waals surface area contributed by atoms with Gasteiger partial charge < -0.3 is 4.52 Å². The first kappa shape index (κ1) is 11.8. The van der Waals surface area contributed by atoms with Crippen LogP contribution in [-0.2, 0) is 18.9 Å². The zero-order valence-corrected chi connectivity index (χ0v) is 9.88. The molecule has 0 amide bonds. The number of alkyl halides is 1. The van der Waals surface area contributed by atoms with Gasteiger partial charge in [-0.05, 0) is 0 Å². The largest absolute Gasteiger partial charge is 0.345 e. The topological polar surface area (TPSA) is 60.0 Å². The molecule has 0 radical (unpaired) electrons. The maximum atomic E-state index is 12.4. The lowest BCUT2D eigenvalue weighted by Crippen LogP contribution is -2.48. The van der Waals surface area contributed by atoms with Gasteiger partial charge in [-0.3, -0.25) is 4.57 Å². The molecular weight excluding hydrogens is 243 g/mol. The number of hydrogen-bond acceptors (Lipinski definition) is 4. The molecule has 0 aliphatic carbocycles. The quantitative estimate of drug-likeness (QED) is 0.461. The Hall–Kier alpha value is 0.320. The molecule has 0 aromatic rings. The molecule has 2 saturated heterocycles. The minimum absolute atomic E-state index is 0.277. The van der Waals surface area contributed by atoms with Crippen LogP contribution < -0.4 is 5.09 Å². The molecule has 0 saturated carbocycles. The summed E-state index contributed by atoms with van der Waals surface area (Å²) >= 11 is 5.54. The lowest BCUT2D eigenvalue weighted by molar-refractivity contribution is -0.373. The van der Waals surface area contributed by atoms with Crippen molar-refractivity contribution in [1.82, 2.24) is 9.76 Å². The van der Waals surface area contributed by atoms with Crippen LogP contribution in [0.2, 0.25) is 0 Å². The van der Waals surface area contributed by atoms with Crippen LogP contribution in [0.15, 0.2) is 0 Å². The first-order valence-electron chi connectivity index (χ1n) is 4.87. The maximum Gasteiger partial charge on any atom is 0.345 e. The molecule has 2 aliphatic heterocycles. The molecule has 0 aromatic heterocycles. The second-order valence-corrected chi connectivity index (χ2v) is 5.78. The fraction of sp³-hybridized carbons (Fsp3) is 1.00. The van der Waals surface area contributed by atoms with Crippen molar-refractivity contribution in [2.75, 3.05) is 32.2 Å². The molecule has 2 rings (SSSR count). The van der Waals surface area contributed by atoms with E-state index in [9.17, 15) is 4.57 Å². The Balaban J connectivity index is 2.05. The Bertz CT molecular complexity index is 265. The molecule has 0 aromatic carbocycles. The number of nitrogens with zero attached hydrogens (tertiary/aromatic N) is 1. The average molecular weight is 257 g/mol. The third-order valence-corrected chi connectivity index (χ3v) is 4.77. The van der Waals surface area contributed by atoms with Crippen LogP contribution in [0.25, 0.3) is 0 Å². The van der Waals surface area contributed by atoms with Crippen LogP contribution in [0.4, 0.5) is 0 Å². The second kappa shape index (κ2) is 5.10. The average Bonchev–Trinajstić information content (AvgIpc) is 2.27. The zero-order chi connectivity index (χ0) is 10.7. The second-order valence-electron chi connectivity index (χ2n) is 3.28. The van der Waals surface area contributed by atoms with Gasteiger partial charge in [0.25, 0.3) is 0 Å². The molecule has 2 unspecified atom stereocenters. The van der Waals surface area contributed by atoms with E-state index in [-0.39, 0.29) is 6.23 Å². The summed E-state index contributed by atoms with van der Waals surface area (Å²) in [6.45, 7) is 1.78. The number of rotatable bonds is 3. The van der Waals surface area contributed by atoms with E-state index in [1.807, 2.05) is 0 Å². The lowest BCUT2D eigenvalue weighted by Gasteiger charge is -2.41. The highest BCUT2D eigenvalue weighted by atomic mass is 35.5. The van der Waals surface area contributed by atoms with Crippen molar-refractivity contribution in [2.45, 2.75) is 12.6 Å². The van der Waals surface area contributed by atoms with Gasteiger partial charge in [0.05, 0.1) is 13.2 Å². The molecule has 0 bridgehead atoms. The molecule has 2 atom stereocenters. The normalized spacial score (nSPS) is 37.5. The summed E-state index contributed by atoms with van der Waals surface area (Å²) in [6, 6.07) is 0. The van der Waals surface area contributed by atoms with Crippen molar-refractivity contribution in [1.29, 1.82) is 0 Å². The SMILES string of the molecule is O=P1(NCCCl)OCCC2OOCCN21. The van der Waals surface area contributed by atoms with E-state index in [0.717, 1.165) is 0 Å². The molecule has 6 nitrogen and oxygen atoms in total. The first-order valence-corrected chi connectivity index (χ1v) is 6.98. The van der Waals surface area contributed by atoms with Crippen molar-refractivity contribution >= 4 is 19.3 Å². The van der Waals surface area contributed by atoms with Crippen molar-refractivity contribution in [3.63, 3.8) is 0 Å². The van der Waals surface area contributed by atoms with Gasteiger partial charge in [-0.2, -0.15) is 4.67 Å². The molecular formula is C7H14ClN2O4P. The molecule has 2 heterocycles. The number of hydrogen-bond donors (Lipinski definition) is 1. The van der Waals surface area contributed by atoms with Gasteiger partial charge in [-0.1, -0.05) is 0 Å². The monoisotopic (exact) mass is 256 g/mol. The van der Waals surface area contributed by atoms with Crippen molar-refractivity contribution in [3.05, 3.63) is 0 Å².